The van der Waals surface area contributed by atoms with Gasteiger partial charge in [0.25, 0.3) is 0 Å². The standard InChI is InChI=1S/C84H164O17P2/c1-7-10-12-14-16-18-20-22-23-24-25-26-27-28-33-37-41-45-49-57-63-69-83(88)100-79(72-94-81(86)66-60-54-47-43-39-36-32-30-29-31-35-38-42-46-52-58-64-76(4)5)74-98-102(90,91)96-70-78(85)71-97-103(92,93)99-75-80(73-95-82(87)67-61-55-51-50-53-59-65-77(6)9-3)101-84(89)68-62-56-48-44-40-34-21-19-17-15-13-11-8-2/h76-80,85H,7-75H2,1-6H3,(H,90,91)(H,92,93)/t77?,78-,79-,80-/m1/s1. The Morgan fingerprint density at radius 3 is 0.738 bits per heavy atom. The van der Waals surface area contributed by atoms with Gasteiger partial charge in [0.15, 0.2) is 12.2 Å². The second-order valence-electron chi connectivity index (χ2n) is 30.9. The summed E-state index contributed by atoms with van der Waals surface area (Å²) in [5, 5.41) is 10.7. The molecular formula is C84H164O17P2. The van der Waals surface area contributed by atoms with Crippen LogP contribution in [0.2, 0.25) is 0 Å². The predicted molar refractivity (Wildman–Crippen MR) is 423 cm³/mol. The molecule has 0 amide bonds. The highest BCUT2D eigenvalue weighted by Gasteiger charge is 2.30. The van der Waals surface area contributed by atoms with Crippen LogP contribution in [0.3, 0.4) is 0 Å². The van der Waals surface area contributed by atoms with Crippen LogP contribution in [0.4, 0.5) is 0 Å². The molecule has 103 heavy (non-hydrogen) atoms. The number of hydrogen-bond acceptors (Lipinski definition) is 15. The van der Waals surface area contributed by atoms with Crippen molar-refractivity contribution in [2.75, 3.05) is 39.6 Å². The molecule has 0 saturated carbocycles. The first-order valence-corrected chi connectivity index (χ1v) is 46.5. The molecule has 3 unspecified atom stereocenters. The van der Waals surface area contributed by atoms with Crippen LogP contribution in [0, 0.1) is 11.8 Å². The lowest BCUT2D eigenvalue weighted by Crippen LogP contribution is -2.30. The molecule has 6 atom stereocenters. The summed E-state index contributed by atoms with van der Waals surface area (Å²) < 4.78 is 68.8. The number of unbranched alkanes of at least 4 members (excludes halogenated alkanes) is 52. The third kappa shape index (κ3) is 76.6. The van der Waals surface area contributed by atoms with Gasteiger partial charge in [0.05, 0.1) is 26.4 Å². The van der Waals surface area contributed by atoms with E-state index in [0.717, 1.165) is 108 Å². The van der Waals surface area contributed by atoms with Crippen LogP contribution < -0.4 is 0 Å². The molecule has 0 heterocycles. The van der Waals surface area contributed by atoms with Crippen molar-refractivity contribution < 1.29 is 80.2 Å². The highest BCUT2D eigenvalue weighted by atomic mass is 31.2. The van der Waals surface area contributed by atoms with E-state index in [1.54, 1.807) is 0 Å². The first-order valence-electron chi connectivity index (χ1n) is 43.5. The Kier molecular flexibility index (Phi) is 74.1. The summed E-state index contributed by atoms with van der Waals surface area (Å²) in [6.45, 7) is 9.64. The summed E-state index contributed by atoms with van der Waals surface area (Å²) in [7, 11) is -9.92. The largest absolute Gasteiger partial charge is 0.472 e. The molecule has 3 N–H and O–H groups in total. The van der Waals surface area contributed by atoms with E-state index in [-0.39, 0.29) is 25.7 Å². The van der Waals surface area contributed by atoms with E-state index < -0.39 is 97.5 Å². The highest BCUT2D eigenvalue weighted by molar-refractivity contribution is 7.47. The van der Waals surface area contributed by atoms with Gasteiger partial charge in [-0.1, -0.05) is 395 Å². The molecule has 17 nitrogen and oxygen atoms in total. The van der Waals surface area contributed by atoms with Crippen molar-refractivity contribution in [2.24, 2.45) is 11.8 Å². The first kappa shape index (κ1) is 101. The van der Waals surface area contributed by atoms with Crippen LogP contribution in [0.15, 0.2) is 0 Å². The smallest absolute Gasteiger partial charge is 0.462 e. The molecule has 0 rings (SSSR count). The molecule has 0 aromatic rings. The topological polar surface area (TPSA) is 237 Å². The number of aliphatic hydroxyl groups is 1. The molecule has 0 bridgehead atoms. The summed E-state index contributed by atoms with van der Waals surface area (Å²) in [5.74, 6) is -0.562. The van der Waals surface area contributed by atoms with Crippen LogP contribution in [0.5, 0.6) is 0 Å². The fourth-order valence-corrected chi connectivity index (χ4v) is 14.6. The molecule has 612 valence electrons. The van der Waals surface area contributed by atoms with Gasteiger partial charge in [0.1, 0.15) is 19.3 Å². The van der Waals surface area contributed by atoms with Gasteiger partial charge in [-0.25, -0.2) is 9.13 Å². The Bertz CT molecular complexity index is 1980. The number of phosphoric ester groups is 2. The third-order valence-corrected chi connectivity index (χ3v) is 22.0. The normalized spacial score (nSPS) is 14.1. The lowest BCUT2D eigenvalue weighted by atomic mass is 10.00. The van der Waals surface area contributed by atoms with Gasteiger partial charge in [0, 0.05) is 25.7 Å². The Labute approximate surface area is 632 Å². The predicted octanol–water partition coefficient (Wildman–Crippen LogP) is 25.5. The van der Waals surface area contributed by atoms with Gasteiger partial charge in [-0.15, -0.1) is 0 Å². The van der Waals surface area contributed by atoms with E-state index >= 15 is 0 Å². The SMILES string of the molecule is CCCCCCCCCCCCCCCCCCCCCCCC(=O)O[C@H](COC(=O)CCCCCCCCCCCCCCCCCCC(C)C)COP(=O)(O)OC[C@@H](O)COP(=O)(O)OC[C@@H](COC(=O)CCCCCCCCC(C)CC)OC(=O)CCCCCCCCCCCCCCC. The second-order valence-corrected chi connectivity index (χ2v) is 33.8. The quantitative estimate of drug-likeness (QED) is 0.0222. The maximum atomic E-state index is 13.1. The zero-order chi connectivity index (χ0) is 75.6. The van der Waals surface area contributed by atoms with Crippen molar-refractivity contribution in [3.05, 3.63) is 0 Å². The molecule has 0 fully saturated rings. The van der Waals surface area contributed by atoms with Gasteiger partial charge in [-0.05, 0) is 37.5 Å². The lowest BCUT2D eigenvalue weighted by Gasteiger charge is -2.21. The van der Waals surface area contributed by atoms with Crippen LogP contribution in [0.1, 0.15) is 446 Å². The molecule has 0 saturated heterocycles. The van der Waals surface area contributed by atoms with E-state index in [1.165, 1.54) is 257 Å². The van der Waals surface area contributed by atoms with Crippen molar-refractivity contribution >= 4 is 39.5 Å². The number of carbonyl (C=O) groups is 4. The van der Waals surface area contributed by atoms with Gasteiger partial charge < -0.3 is 33.8 Å². The Morgan fingerprint density at radius 2 is 0.495 bits per heavy atom. The van der Waals surface area contributed by atoms with Crippen LogP contribution >= 0.6 is 15.6 Å². The van der Waals surface area contributed by atoms with Crippen LogP contribution in [-0.2, 0) is 65.4 Å². The fraction of sp³-hybridized carbons (Fsp3) is 0.952. The van der Waals surface area contributed by atoms with Crippen molar-refractivity contribution in [1.82, 2.24) is 0 Å². The van der Waals surface area contributed by atoms with Gasteiger partial charge >= 0.3 is 39.5 Å². The highest BCUT2D eigenvalue weighted by Crippen LogP contribution is 2.45. The molecule has 0 aromatic carbocycles. The van der Waals surface area contributed by atoms with Crippen LogP contribution in [-0.4, -0.2) is 96.7 Å². The molecule has 0 radical (unpaired) electrons. The summed E-state index contributed by atoms with van der Waals surface area (Å²) in [4.78, 5) is 73.1. The van der Waals surface area contributed by atoms with E-state index in [0.29, 0.717) is 25.7 Å². The summed E-state index contributed by atoms with van der Waals surface area (Å²) >= 11 is 0. The molecule has 0 aromatic heterocycles. The summed E-state index contributed by atoms with van der Waals surface area (Å²) in [5.41, 5.74) is 0. The minimum absolute atomic E-state index is 0.107. The minimum atomic E-state index is -4.96. The maximum absolute atomic E-state index is 13.1. The van der Waals surface area contributed by atoms with Crippen molar-refractivity contribution in [3.63, 3.8) is 0 Å². The molecular weight excluding hydrogens is 1340 g/mol. The summed E-state index contributed by atoms with van der Waals surface area (Å²) in [6, 6.07) is 0. The molecule has 0 spiro atoms. The van der Waals surface area contributed by atoms with Crippen molar-refractivity contribution in [3.8, 4) is 0 Å². The van der Waals surface area contributed by atoms with Gasteiger partial charge in [0.2, 0.25) is 0 Å². The Morgan fingerprint density at radius 1 is 0.282 bits per heavy atom. The number of phosphoric acid groups is 2. The van der Waals surface area contributed by atoms with Gasteiger partial charge in [-0.2, -0.15) is 0 Å². The molecule has 0 aliphatic rings. The third-order valence-electron chi connectivity index (χ3n) is 20.1. The number of esters is 4. The lowest BCUT2D eigenvalue weighted by molar-refractivity contribution is -0.161. The zero-order valence-electron chi connectivity index (χ0n) is 67.6. The van der Waals surface area contributed by atoms with Gasteiger partial charge in [-0.3, -0.25) is 37.3 Å². The summed E-state index contributed by atoms with van der Waals surface area (Å²) in [6.07, 6.45) is 66.7. The average molecular weight is 1510 g/mol. The number of aliphatic hydroxyl groups excluding tert-OH is 1. The average Bonchev–Trinajstić information content (AvgIpc) is 0.914. The minimum Gasteiger partial charge on any atom is -0.462 e. The van der Waals surface area contributed by atoms with E-state index in [4.69, 9.17) is 37.0 Å². The number of hydrogen-bond donors (Lipinski definition) is 3. The van der Waals surface area contributed by atoms with E-state index in [2.05, 4.69) is 41.5 Å². The first-order chi connectivity index (χ1) is 49.9. The number of ether oxygens (including phenoxy) is 4. The molecule has 19 heteroatoms. The number of carbonyl (C=O) groups excluding carboxylic acids is 4. The molecule has 0 aliphatic carbocycles. The number of rotatable bonds is 83. The fourth-order valence-electron chi connectivity index (χ4n) is 13.0. The van der Waals surface area contributed by atoms with Crippen molar-refractivity contribution in [2.45, 2.75) is 464 Å². The van der Waals surface area contributed by atoms with E-state index in [1.807, 2.05) is 0 Å². The maximum Gasteiger partial charge on any atom is 0.472 e. The molecule has 0 aliphatic heterocycles. The van der Waals surface area contributed by atoms with E-state index in [9.17, 15) is 43.2 Å². The zero-order valence-corrected chi connectivity index (χ0v) is 69.4. The Balaban J connectivity index is 5.22. The van der Waals surface area contributed by atoms with Crippen LogP contribution in [0.25, 0.3) is 0 Å². The van der Waals surface area contributed by atoms with Crippen molar-refractivity contribution in [1.29, 1.82) is 0 Å². The Hall–Kier alpha value is -1.94. The monoisotopic (exact) mass is 1510 g/mol. The second kappa shape index (κ2) is 75.5.